The van der Waals surface area contributed by atoms with Gasteiger partial charge >= 0.3 is 18.0 Å². The van der Waals surface area contributed by atoms with E-state index in [0.717, 1.165) is 10.8 Å². The van der Waals surface area contributed by atoms with Gasteiger partial charge in [0.25, 0.3) is 0 Å². The van der Waals surface area contributed by atoms with Gasteiger partial charge in [-0.1, -0.05) is 55.8 Å². The van der Waals surface area contributed by atoms with Gasteiger partial charge in [0.2, 0.25) is 11.7 Å². The lowest BCUT2D eigenvalue weighted by Crippen LogP contribution is -2.69. The summed E-state index contributed by atoms with van der Waals surface area (Å²) in [5, 5.41) is 31.3. The topological polar surface area (TPSA) is 208 Å². The average molecular weight is 910 g/mol. The number of fused-ring (bicyclic) bond motifs is 6. The van der Waals surface area contributed by atoms with Crippen molar-refractivity contribution in [1.82, 2.24) is 10.3 Å². The standard InChI is InChI=1S/C51H60FN3O11/c1-30-23-40-39-14-12-35-25-37(56)17-20-48(35,5)50(39,52)41(57)26-49(40,6)51(30,63)42(58)29-65-44(60)16-15-43(59)64-28-31-7-9-32(10-8-31)38(19-22-54-46(62)66-47(2,3)4)45(61)55-36-13-11-34-27-53-21-18-33(34)24-36/h7-11,13,17-18,20-21,24-25,27,30,38-41,57,63H,12,14-16,19,22-23,26,28-29H2,1-6H3,(H,54,62)(H,55,61)/t30-,38?,39+,40+,41+,48+,49+,50+,51+/m1/s1. The highest BCUT2D eigenvalue weighted by Crippen LogP contribution is 2.70. The van der Waals surface area contributed by atoms with Crippen LogP contribution in [0, 0.1) is 28.6 Å². The Hall–Kier alpha value is -5.80. The first-order chi connectivity index (χ1) is 31.1. The molecule has 14 nitrogen and oxygen atoms in total. The zero-order chi connectivity index (χ0) is 47.8. The number of aliphatic hydroxyl groups is 2. The summed E-state index contributed by atoms with van der Waals surface area (Å²) in [5.41, 5.74) is -4.80. The van der Waals surface area contributed by atoms with Gasteiger partial charge in [-0.15, -0.1) is 0 Å². The fourth-order valence-electron chi connectivity index (χ4n) is 11.2. The van der Waals surface area contributed by atoms with E-state index in [1.54, 1.807) is 90.3 Å². The van der Waals surface area contributed by atoms with Gasteiger partial charge in [0.15, 0.2) is 18.1 Å². The maximum Gasteiger partial charge on any atom is 0.407 e. The third-order valence-corrected chi connectivity index (χ3v) is 14.7. The van der Waals surface area contributed by atoms with Gasteiger partial charge in [0.1, 0.15) is 17.8 Å². The lowest BCUT2D eigenvalue weighted by molar-refractivity contribution is -0.220. The molecular weight excluding hydrogens is 850 g/mol. The molecule has 3 aromatic rings. The van der Waals surface area contributed by atoms with Crippen LogP contribution in [-0.2, 0) is 44.8 Å². The summed E-state index contributed by atoms with van der Waals surface area (Å²) in [4.78, 5) is 81.8. The summed E-state index contributed by atoms with van der Waals surface area (Å²) in [6.45, 7) is 9.64. The van der Waals surface area contributed by atoms with E-state index in [9.17, 15) is 39.0 Å². The number of benzene rings is 2. The predicted molar refractivity (Wildman–Crippen MR) is 241 cm³/mol. The van der Waals surface area contributed by atoms with Gasteiger partial charge in [-0.2, -0.15) is 0 Å². The first-order valence-corrected chi connectivity index (χ1v) is 22.7. The Kier molecular flexibility index (Phi) is 13.5. The molecule has 0 radical (unpaired) electrons. The number of ketones is 2. The van der Waals surface area contributed by atoms with E-state index in [1.165, 1.54) is 12.2 Å². The Balaban J connectivity index is 0.911. The maximum atomic E-state index is 17.5. The number of carbonyl (C=O) groups is 6. The van der Waals surface area contributed by atoms with Gasteiger partial charge in [-0.25, -0.2) is 9.18 Å². The van der Waals surface area contributed by atoms with Crippen LogP contribution < -0.4 is 10.6 Å². The normalized spacial score (nSPS) is 29.3. The Bertz CT molecular complexity index is 2470. The van der Waals surface area contributed by atoms with E-state index < -0.39 is 94.3 Å². The molecule has 3 fully saturated rings. The highest BCUT2D eigenvalue weighted by atomic mass is 19.1. The fourth-order valence-corrected chi connectivity index (χ4v) is 11.2. The first-order valence-electron chi connectivity index (χ1n) is 22.7. The van der Waals surface area contributed by atoms with E-state index in [4.69, 9.17) is 14.2 Å². The number of allylic oxidation sites excluding steroid dienone is 4. The van der Waals surface area contributed by atoms with Crippen LogP contribution in [-0.4, -0.2) is 86.8 Å². The van der Waals surface area contributed by atoms with E-state index in [-0.39, 0.29) is 44.1 Å². The number of aliphatic hydroxyl groups excluding tert-OH is 1. The summed E-state index contributed by atoms with van der Waals surface area (Å²) in [6, 6.07) is 14.3. The summed E-state index contributed by atoms with van der Waals surface area (Å²) in [6.07, 6.45) is 6.00. The van der Waals surface area contributed by atoms with E-state index in [1.807, 2.05) is 18.2 Å². The highest BCUT2D eigenvalue weighted by molar-refractivity contribution is 6.01. The number of amides is 2. The molecule has 352 valence electrons. The fraction of sp³-hybridized carbons (Fsp3) is 0.510. The molecule has 2 aromatic carbocycles. The van der Waals surface area contributed by atoms with Gasteiger partial charge in [-0.05, 0) is 118 Å². The number of alkyl halides is 1. The second-order valence-electron chi connectivity index (χ2n) is 19.9. The molecule has 9 atom stereocenters. The van der Waals surface area contributed by atoms with Crippen LogP contribution in [0.1, 0.15) is 104 Å². The van der Waals surface area contributed by atoms with Crippen LogP contribution in [0.15, 0.2) is 84.7 Å². The number of halogens is 1. The van der Waals surface area contributed by atoms with Gasteiger partial charge in [0.05, 0.1) is 24.9 Å². The quantitative estimate of drug-likeness (QED) is 0.0940. The second kappa shape index (κ2) is 18.5. The van der Waals surface area contributed by atoms with Crippen molar-refractivity contribution in [2.45, 2.75) is 122 Å². The molecule has 1 heterocycles. The number of hydrogen-bond acceptors (Lipinski definition) is 12. The van der Waals surface area contributed by atoms with Gasteiger partial charge < -0.3 is 35.1 Å². The number of carbonyl (C=O) groups excluding carboxylic acids is 6. The Morgan fingerprint density at radius 1 is 0.970 bits per heavy atom. The number of aromatic nitrogens is 1. The lowest BCUT2D eigenvalue weighted by atomic mass is 9.44. The number of ether oxygens (including phenoxy) is 3. The highest BCUT2D eigenvalue weighted by Gasteiger charge is 2.75. The van der Waals surface area contributed by atoms with Crippen molar-refractivity contribution in [2.75, 3.05) is 18.5 Å². The van der Waals surface area contributed by atoms with Crippen molar-refractivity contribution >= 4 is 52.0 Å². The third-order valence-electron chi connectivity index (χ3n) is 14.7. The molecule has 0 aliphatic heterocycles. The van der Waals surface area contributed by atoms with Crippen LogP contribution >= 0.6 is 0 Å². The van der Waals surface area contributed by atoms with E-state index in [2.05, 4.69) is 15.6 Å². The van der Waals surface area contributed by atoms with Crippen LogP contribution in [0.5, 0.6) is 0 Å². The van der Waals surface area contributed by atoms with Gasteiger partial charge in [-0.3, -0.25) is 29.0 Å². The number of esters is 2. The molecule has 2 amide bonds. The molecule has 0 spiro atoms. The third kappa shape index (κ3) is 9.16. The monoisotopic (exact) mass is 909 g/mol. The predicted octanol–water partition coefficient (Wildman–Crippen LogP) is 7.16. The molecule has 4 aliphatic rings. The van der Waals surface area contributed by atoms with E-state index in [0.29, 0.717) is 41.6 Å². The number of nitrogens with one attached hydrogen (secondary N) is 2. The largest absolute Gasteiger partial charge is 0.461 e. The summed E-state index contributed by atoms with van der Waals surface area (Å²) in [7, 11) is 0. The number of anilines is 1. The van der Waals surface area contributed by atoms with Crippen molar-refractivity contribution in [3.63, 3.8) is 0 Å². The second-order valence-corrected chi connectivity index (χ2v) is 19.9. The molecule has 15 heteroatoms. The number of pyridine rings is 1. The molecule has 1 aromatic heterocycles. The van der Waals surface area contributed by atoms with Crippen LogP contribution in [0.25, 0.3) is 10.8 Å². The van der Waals surface area contributed by atoms with Crippen LogP contribution in [0.3, 0.4) is 0 Å². The van der Waals surface area contributed by atoms with Gasteiger partial charge in [0, 0.05) is 46.8 Å². The minimum absolute atomic E-state index is 0.126. The van der Waals surface area contributed by atoms with Crippen molar-refractivity contribution in [2.24, 2.45) is 28.6 Å². The molecule has 4 aliphatic carbocycles. The van der Waals surface area contributed by atoms with Crippen LogP contribution in [0.4, 0.5) is 14.9 Å². The van der Waals surface area contributed by atoms with Crippen molar-refractivity contribution in [3.05, 3.63) is 95.9 Å². The zero-order valence-electron chi connectivity index (χ0n) is 38.4. The van der Waals surface area contributed by atoms with Crippen molar-refractivity contribution in [3.8, 4) is 0 Å². The number of nitrogens with zero attached hydrogens (tertiary/aromatic N) is 1. The smallest absolute Gasteiger partial charge is 0.407 e. The zero-order valence-corrected chi connectivity index (χ0v) is 38.4. The Labute approximate surface area is 383 Å². The minimum Gasteiger partial charge on any atom is -0.461 e. The first kappa shape index (κ1) is 48.1. The summed E-state index contributed by atoms with van der Waals surface area (Å²) < 4.78 is 33.5. The minimum atomic E-state index is -2.13. The molecule has 4 N–H and O–H groups in total. The van der Waals surface area contributed by atoms with Crippen molar-refractivity contribution in [1.29, 1.82) is 0 Å². The molecule has 3 saturated carbocycles. The lowest BCUT2D eigenvalue weighted by Gasteiger charge is -2.62. The number of rotatable bonds is 14. The molecule has 66 heavy (non-hydrogen) atoms. The maximum absolute atomic E-state index is 17.5. The molecule has 1 unspecified atom stereocenters. The Morgan fingerprint density at radius 2 is 1.68 bits per heavy atom. The average Bonchev–Trinajstić information content (AvgIpc) is 3.47. The molecule has 7 rings (SSSR count). The van der Waals surface area contributed by atoms with E-state index >= 15 is 4.39 Å². The van der Waals surface area contributed by atoms with Crippen LogP contribution in [0.2, 0.25) is 0 Å². The van der Waals surface area contributed by atoms with Crippen molar-refractivity contribution < 1.29 is 57.6 Å². The summed E-state index contributed by atoms with van der Waals surface area (Å²) in [5.74, 6) is -5.32. The summed E-state index contributed by atoms with van der Waals surface area (Å²) >= 11 is 0. The Morgan fingerprint density at radius 3 is 2.39 bits per heavy atom. The molecule has 0 saturated heterocycles. The number of alkyl carbamates (subject to hydrolysis) is 1. The number of Topliss-reactive ketones (excluding diaryl/α,β-unsaturated/α-hetero) is 1. The SMILES string of the molecule is C[C@@H]1C[C@H]2[C@@H]3CCC4=CC(=O)C=C[C@]4(C)[C@@]3(F)[C@@H](O)C[C@]2(C)[C@@]1(O)C(=O)COC(=O)CCC(=O)OCc1ccc(C(CCNC(=O)OC(C)(C)C)C(=O)Nc2ccc3cnccc3c2)cc1. The number of hydrogen-bond donors (Lipinski definition) is 4. The molecule has 0 bridgehead atoms. The molecular formula is C51H60FN3O11.